The number of rotatable bonds is 8. The third-order valence-electron chi connectivity index (χ3n) is 4.30. The number of aromatic nitrogens is 2. The fraction of sp³-hybridized carbons (Fsp3) is 0.556. The lowest BCUT2D eigenvalue weighted by atomic mass is 10.2. The Hall–Kier alpha value is -2.26. The van der Waals surface area contributed by atoms with E-state index in [-0.39, 0.29) is 30.7 Å². The molecule has 0 saturated heterocycles. The van der Waals surface area contributed by atoms with Crippen molar-refractivity contribution in [3.8, 4) is 0 Å². The number of fused-ring (bicyclic) bond motifs is 1. The van der Waals surface area contributed by atoms with Crippen molar-refractivity contribution in [1.29, 1.82) is 0 Å². The number of amides is 1. The van der Waals surface area contributed by atoms with Gasteiger partial charge in [-0.1, -0.05) is 6.92 Å². The van der Waals surface area contributed by atoms with Gasteiger partial charge in [0, 0.05) is 6.54 Å². The van der Waals surface area contributed by atoms with E-state index in [9.17, 15) is 14.4 Å². The summed E-state index contributed by atoms with van der Waals surface area (Å²) in [6, 6.07) is -0.275. The molecule has 8 nitrogen and oxygen atoms in total. The monoisotopic (exact) mass is 394 g/mol. The van der Waals surface area contributed by atoms with Crippen LogP contribution in [-0.4, -0.2) is 53.5 Å². The zero-order valence-corrected chi connectivity index (χ0v) is 17.2. The normalized spacial score (nSPS) is 12.4. The van der Waals surface area contributed by atoms with E-state index in [1.165, 1.54) is 0 Å². The van der Waals surface area contributed by atoms with Crippen LogP contribution < -0.4 is 10.9 Å². The standard InChI is InChI=1S/C18H26N4O4S/c1-6-8-19-12(23)9-22(5)11(4)15-20-16(24)13-10(3)14(18(25)26-7-2)27-17(13)21-15/h11H,6-9H2,1-5H3,(H,19,23)(H,20,21,24)/t11-/m0/s1. The van der Waals surface area contributed by atoms with E-state index >= 15 is 0 Å². The number of aryl methyl sites for hydroxylation is 1. The number of carbonyl (C=O) groups is 2. The Balaban J connectivity index is 2.30. The van der Waals surface area contributed by atoms with Gasteiger partial charge < -0.3 is 15.0 Å². The van der Waals surface area contributed by atoms with Crippen LogP contribution in [0.25, 0.3) is 10.2 Å². The first kappa shape index (κ1) is 21.0. The molecule has 0 unspecified atom stereocenters. The molecular weight excluding hydrogens is 368 g/mol. The molecule has 0 aliphatic carbocycles. The predicted octanol–water partition coefficient (Wildman–Crippen LogP) is 1.99. The molecule has 0 bridgehead atoms. The Morgan fingerprint density at radius 3 is 2.70 bits per heavy atom. The number of hydrogen-bond acceptors (Lipinski definition) is 7. The number of likely N-dealkylation sites (N-methyl/N-ethyl adjacent to an activating group) is 1. The lowest BCUT2D eigenvalue weighted by Gasteiger charge is -2.23. The molecule has 0 aromatic carbocycles. The molecule has 1 amide bonds. The summed E-state index contributed by atoms with van der Waals surface area (Å²) in [6.07, 6.45) is 0.872. The number of H-pyrrole nitrogens is 1. The molecule has 2 aromatic heterocycles. The second-order valence-corrected chi connectivity index (χ2v) is 7.35. The number of nitrogens with one attached hydrogen (secondary N) is 2. The molecule has 2 heterocycles. The highest BCUT2D eigenvalue weighted by atomic mass is 32.1. The number of nitrogens with zero attached hydrogens (tertiary/aromatic N) is 2. The highest BCUT2D eigenvalue weighted by Gasteiger charge is 2.23. The van der Waals surface area contributed by atoms with Gasteiger partial charge in [0.15, 0.2) is 0 Å². The highest BCUT2D eigenvalue weighted by molar-refractivity contribution is 7.20. The van der Waals surface area contributed by atoms with Gasteiger partial charge in [0.2, 0.25) is 5.91 Å². The van der Waals surface area contributed by atoms with E-state index < -0.39 is 5.97 Å². The van der Waals surface area contributed by atoms with Crippen molar-refractivity contribution in [2.45, 2.75) is 40.2 Å². The van der Waals surface area contributed by atoms with Crippen molar-refractivity contribution >= 4 is 33.4 Å². The summed E-state index contributed by atoms with van der Waals surface area (Å²) >= 11 is 1.15. The summed E-state index contributed by atoms with van der Waals surface area (Å²) in [6.45, 7) is 8.40. The van der Waals surface area contributed by atoms with Crippen LogP contribution in [-0.2, 0) is 9.53 Å². The van der Waals surface area contributed by atoms with E-state index in [2.05, 4.69) is 15.3 Å². The lowest BCUT2D eigenvalue weighted by molar-refractivity contribution is -0.122. The van der Waals surface area contributed by atoms with Crippen molar-refractivity contribution in [3.05, 3.63) is 26.6 Å². The van der Waals surface area contributed by atoms with Gasteiger partial charge in [-0.3, -0.25) is 14.5 Å². The topological polar surface area (TPSA) is 104 Å². The van der Waals surface area contributed by atoms with Crippen LogP contribution in [0, 0.1) is 6.92 Å². The Morgan fingerprint density at radius 1 is 1.37 bits per heavy atom. The van der Waals surface area contributed by atoms with Gasteiger partial charge in [0.25, 0.3) is 5.56 Å². The van der Waals surface area contributed by atoms with E-state index in [1.54, 1.807) is 20.9 Å². The Bertz CT molecular complexity index is 889. The highest BCUT2D eigenvalue weighted by Crippen LogP contribution is 2.28. The van der Waals surface area contributed by atoms with Crippen LogP contribution in [0.3, 0.4) is 0 Å². The molecule has 0 saturated carbocycles. The van der Waals surface area contributed by atoms with Crippen molar-refractivity contribution in [2.24, 2.45) is 0 Å². The summed E-state index contributed by atoms with van der Waals surface area (Å²) in [4.78, 5) is 46.6. The zero-order chi connectivity index (χ0) is 20.1. The quantitative estimate of drug-likeness (QED) is 0.664. The number of hydrogen-bond donors (Lipinski definition) is 2. The Kier molecular flexibility index (Phi) is 7.09. The van der Waals surface area contributed by atoms with E-state index in [1.807, 2.05) is 18.7 Å². The minimum Gasteiger partial charge on any atom is -0.462 e. The summed E-state index contributed by atoms with van der Waals surface area (Å²) < 4.78 is 5.05. The maximum atomic E-state index is 12.6. The minimum atomic E-state index is -0.447. The lowest BCUT2D eigenvalue weighted by Crippen LogP contribution is -2.37. The largest absolute Gasteiger partial charge is 0.462 e. The Labute approximate surface area is 161 Å². The van der Waals surface area contributed by atoms with Crippen molar-refractivity contribution in [1.82, 2.24) is 20.2 Å². The van der Waals surface area contributed by atoms with E-state index in [0.29, 0.717) is 33.0 Å². The first-order chi connectivity index (χ1) is 12.8. The SMILES string of the molecule is CCCNC(=O)CN(C)[C@@H](C)c1nc2sc(C(=O)OCC)c(C)c2c(=O)[nH]1. The van der Waals surface area contributed by atoms with Crippen LogP contribution in [0.4, 0.5) is 0 Å². The molecule has 0 aliphatic rings. The smallest absolute Gasteiger partial charge is 0.348 e. The van der Waals surface area contributed by atoms with Gasteiger partial charge in [0.05, 0.1) is 24.6 Å². The molecule has 27 heavy (non-hydrogen) atoms. The average Bonchev–Trinajstić information content (AvgIpc) is 2.96. The van der Waals surface area contributed by atoms with Crippen LogP contribution in [0.5, 0.6) is 0 Å². The van der Waals surface area contributed by atoms with Crippen LogP contribution in [0.1, 0.15) is 54.3 Å². The second kappa shape index (κ2) is 9.09. The van der Waals surface area contributed by atoms with Gasteiger partial charge in [-0.15, -0.1) is 11.3 Å². The van der Waals surface area contributed by atoms with Crippen molar-refractivity contribution in [3.63, 3.8) is 0 Å². The molecule has 2 rings (SSSR count). The summed E-state index contributed by atoms with van der Waals surface area (Å²) in [7, 11) is 1.80. The van der Waals surface area contributed by atoms with Gasteiger partial charge in [-0.05, 0) is 39.8 Å². The first-order valence-corrected chi connectivity index (χ1v) is 9.79. The fourth-order valence-electron chi connectivity index (χ4n) is 2.64. The Morgan fingerprint density at radius 2 is 2.07 bits per heavy atom. The molecule has 148 valence electrons. The van der Waals surface area contributed by atoms with E-state index in [0.717, 1.165) is 17.8 Å². The summed E-state index contributed by atoms with van der Waals surface area (Å²) in [5.74, 6) is -0.0714. The van der Waals surface area contributed by atoms with Crippen LogP contribution in [0.15, 0.2) is 4.79 Å². The van der Waals surface area contributed by atoms with Gasteiger partial charge >= 0.3 is 5.97 Å². The third kappa shape index (κ3) is 4.72. The third-order valence-corrected chi connectivity index (χ3v) is 5.47. The predicted molar refractivity (Wildman–Crippen MR) is 105 cm³/mol. The van der Waals surface area contributed by atoms with Crippen molar-refractivity contribution < 1.29 is 14.3 Å². The molecule has 0 radical (unpaired) electrons. The number of aromatic amines is 1. The van der Waals surface area contributed by atoms with Crippen molar-refractivity contribution in [2.75, 3.05) is 26.7 Å². The zero-order valence-electron chi connectivity index (χ0n) is 16.3. The van der Waals surface area contributed by atoms with Crippen LogP contribution in [0.2, 0.25) is 0 Å². The van der Waals surface area contributed by atoms with Crippen LogP contribution >= 0.6 is 11.3 Å². The number of carbonyl (C=O) groups excluding carboxylic acids is 2. The first-order valence-electron chi connectivity index (χ1n) is 8.97. The van der Waals surface area contributed by atoms with Gasteiger partial charge in [0.1, 0.15) is 15.5 Å². The maximum Gasteiger partial charge on any atom is 0.348 e. The second-order valence-electron chi connectivity index (χ2n) is 6.35. The van der Waals surface area contributed by atoms with E-state index in [4.69, 9.17) is 4.74 Å². The molecule has 2 aromatic rings. The summed E-state index contributed by atoms with van der Waals surface area (Å²) in [5.41, 5.74) is 0.281. The number of ether oxygens (including phenoxy) is 1. The van der Waals surface area contributed by atoms with Gasteiger partial charge in [-0.2, -0.15) is 0 Å². The fourth-order valence-corrected chi connectivity index (χ4v) is 3.72. The van der Waals surface area contributed by atoms with Gasteiger partial charge in [-0.25, -0.2) is 9.78 Å². The number of esters is 1. The molecule has 2 N–H and O–H groups in total. The molecule has 9 heteroatoms. The molecular formula is C18H26N4O4S. The molecule has 1 atom stereocenters. The molecule has 0 fully saturated rings. The molecule has 0 aliphatic heterocycles. The number of thiophene rings is 1. The molecule has 0 spiro atoms. The minimum absolute atomic E-state index is 0.0776. The maximum absolute atomic E-state index is 12.6. The average molecular weight is 394 g/mol. The summed E-state index contributed by atoms with van der Waals surface area (Å²) in [5, 5.41) is 3.23.